The van der Waals surface area contributed by atoms with E-state index in [4.69, 9.17) is 27.4 Å². The van der Waals surface area contributed by atoms with Crippen molar-refractivity contribution >= 4 is 41.6 Å². The summed E-state index contributed by atoms with van der Waals surface area (Å²) >= 11 is 0. The predicted molar refractivity (Wildman–Crippen MR) is 137 cm³/mol. The van der Waals surface area contributed by atoms with Gasteiger partial charge in [-0.3, -0.25) is 29.0 Å². The molecule has 0 bridgehead atoms. The van der Waals surface area contributed by atoms with Crippen molar-refractivity contribution in [3.63, 3.8) is 0 Å². The van der Waals surface area contributed by atoms with Gasteiger partial charge < -0.3 is 53.5 Å². The van der Waals surface area contributed by atoms with Crippen LogP contribution in [0.3, 0.4) is 0 Å². The number of imidazole rings is 1. The van der Waals surface area contributed by atoms with Crippen LogP contribution in [0.1, 0.15) is 44.2 Å². The number of aromatic amines is 1. The molecule has 0 radical (unpaired) electrons. The van der Waals surface area contributed by atoms with E-state index in [1.54, 1.807) is 0 Å². The van der Waals surface area contributed by atoms with Crippen LogP contribution < -0.4 is 33.2 Å². The molecule has 3 amide bonds. The smallest absolute Gasteiger partial charge is 0.326 e. The van der Waals surface area contributed by atoms with Crippen LogP contribution in [-0.2, 0) is 35.2 Å². The Bertz CT molecular complexity index is 1060. The summed E-state index contributed by atoms with van der Waals surface area (Å²) in [6.45, 7) is 0.0795. The first-order valence-electron chi connectivity index (χ1n) is 12.2. The molecule has 0 saturated heterocycles. The van der Waals surface area contributed by atoms with Gasteiger partial charge in [0.1, 0.15) is 18.1 Å². The molecule has 1 aromatic heterocycles. The molecule has 0 aromatic carbocycles. The van der Waals surface area contributed by atoms with Crippen LogP contribution in [0, 0.1) is 0 Å². The predicted octanol–water partition coefficient (Wildman–Crippen LogP) is -3.40. The second-order valence-electron chi connectivity index (χ2n) is 8.72. The number of amides is 3. The molecular formula is C22H35N9O9. The molecule has 222 valence electrons. The molecule has 13 N–H and O–H groups in total. The van der Waals surface area contributed by atoms with Crippen LogP contribution in [-0.4, -0.2) is 97.6 Å². The normalized spacial score (nSPS) is 13.6. The van der Waals surface area contributed by atoms with Crippen molar-refractivity contribution in [3.05, 3.63) is 18.2 Å². The summed E-state index contributed by atoms with van der Waals surface area (Å²) in [6.07, 6.45) is 1.26. The van der Waals surface area contributed by atoms with E-state index in [0.717, 1.165) is 0 Å². The Morgan fingerprint density at radius 2 is 1.43 bits per heavy atom. The Morgan fingerprint density at radius 1 is 0.850 bits per heavy atom. The number of carbonyl (C=O) groups is 6. The lowest BCUT2D eigenvalue weighted by Gasteiger charge is -2.25. The molecule has 4 atom stereocenters. The van der Waals surface area contributed by atoms with Gasteiger partial charge in [0, 0.05) is 37.7 Å². The van der Waals surface area contributed by atoms with Crippen molar-refractivity contribution in [2.75, 3.05) is 6.54 Å². The minimum absolute atomic E-state index is 0.0531. The summed E-state index contributed by atoms with van der Waals surface area (Å²) in [4.78, 5) is 82.4. The van der Waals surface area contributed by atoms with E-state index >= 15 is 0 Å². The molecule has 0 aliphatic rings. The summed E-state index contributed by atoms with van der Waals surface area (Å²) in [5.41, 5.74) is 16.8. The van der Waals surface area contributed by atoms with Gasteiger partial charge in [0.05, 0.1) is 12.4 Å². The number of nitrogens with one attached hydrogen (secondary N) is 4. The van der Waals surface area contributed by atoms with Crippen LogP contribution in [0.25, 0.3) is 0 Å². The third-order valence-electron chi connectivity index (χ3n) is 5.46. The van der Waals surface area contributed by atoms with Crippen LogP contribution in [0.5, 0.6) is 0 Å². The van der Waals surface area contributed by atoms with Gasteiger partial charge in [-0.15, -0.1) is 0 Å². The van der Waals surface area contributed by atoms with E-state index in [9.17, 15) is 33.9 Å². The summed E-state index contributed by atoms with van der Waals surface area (Å²) in [6, 6.07) is -5.40. The van der Waals surface area contributed by atoms with Gasteiger partial charge >= 0.3 is 17.9 Å². The van der Waals surface area contributed by atoms with Crippen molar-refractivity contribution in [2.24, 2.45) is 22.2 Å². The number of carboxylic acid groups (broad SMARTS) is 3. The number of carbonyl (C=O) groups excluding carboxylic acids is 3. The first-order chi connectivity index (χ1) is 18.8. The van der Waals surface area contributed by atoms with Gasteiger partial charge in [0.15, 0.2) is 5.96 Å². The molecular weight excluding hydrogens is 534 g/mol. The second kappa shape index (κ2) is 17.0. The molecule has 1 aromatic rings. The molecule has 0 aliphatic heterocycles. The molecule has 0 saturated carbocycles. The molecule has 0 aliphatic carbocycles. The fourth-order valence-electron chi connectivity index (χ4n) is 3.36. The summed E-state index contributed by atoms with van der Waals surface area (Å²) in [7, 11) is 0. The Balaban J connectivity index is 3.10. The van der Waals surface area contributed by atoms with E-state index < -0.39 is 72.6 Å². The average Bonchev–Trinajstić information content (AvgIpc) is 3.38. The van der Waals surface area contributed by atoms with Crippen LogP contribution in [0.15, 0.2) is 17.5 Å². The fraction of sp³-hybridized carbons (Fsp3) is 0.545. The first kappa shape index (κ1) is 33.3. The quantitative estimate of drug-likeness (QED) is 0.0441. The number of carboxylic acids is 3. The highest BCUT2D eigenvalue weighted by atomic mass is 16.4. The summed E-state index contributed by atoms with van der Waals surface area (Å²) < 4.78 is 0. The molecule has 1 heterocycles. The summed E-state index contributed by atoms with van der Waals surface area (Å²) in [5.74, 6) is -6.66. The first-order valence-corrected chi connectivity index (χ1v) is 12.2. The molecule has 1 rings (SSSR count). The number of nitrogens with zero attached hydrogens (tertiary/aromatic N) is 2. The van der Waals surface area contributed by atoms with E-state index in [1.807, 2.05) is 0 Å². The number of nitrogens with two attached hydrogens (primary N) is 3. The van der Waals surface area contributed by atoms with Gasteiger partial charge in [-0.1, -0.05) is 0 Å². The number of aliphatic imine (C=N–C) groups is 1. The largest absolute Gasteiger partial charge is 0.481 e. The van der Waals surface area contributed by atoms with Crippen LogP contribution in [0.4, 0.5) is 0 Å². The van der Waals surface area contributed by atoms with Gasteiger partial charge in [0.25, 0.3) is 0 Å². The Labute approximate surface area is 228 Å². The van der Waals surface area contributed by atoms with Crippen molar-refractivity contribution < 1.29 is 44.1 Å². The lowest BCUT2D eigenvalue weighted by Crippen LogP contribution is -2.57. The van der Waals surface area contributed by atoms with Crippen molar-refractivity contribution in [3.8, 4) is 0 Å². The van der Waals surface area contributed by atoms with Crippen LogP contribution in [0.2, 0.25) is 0 Å². The Morgan fingerprint density at radius 3 is 1.98 bits per heavy atom. The molecule has 18 nitrogen and oxygen atoms in total. The fourth-order valence-corrected chi connectivity index (χ4v) is 3.36. The SMILES string of the molecule is NC(N)=NCCCC(NC(=O)C(Cc1cnc[nH]1)NC(=O)C(N)CCC(=O)O)C(=O)NC(CCC(=O)O)C(=O)O. The van der Waals surface area contributed by atoms with Gasteiger partial charge in [0.2, 0.25) is 17.7 Å². The number of aliphatic carboxylic acids is 3. The number of rotatable bonds is 19. The minimum Gasteiger partial charge on any atom is -0.481 e. The number of guanidine groups is 1. The molecule has 18 heteroatoms. The third kappa shape index (κ3) is 13.2. The highest BCUT2D eigenvalue weighted by Gasteiger charge is 2.31. The van der Waals surface area contributed by atoms with E-state index in [0.29, 0.717) is 5.69 Å². The number of H-pyrrole nitrogens is 1. The third-order valence-corrected chi connectivity index (χ3v) is 5.46. The van der Waals surface area contributed by atoms with E-state index in [1.165, 1.54) is 12.5 Å². The van der Waals surface area contributed by atoms with Gasteiger partial charge in [-0.05, 0) is 25.7 Å². The van der Waals surface area contributed by atoms with Crippen molar-refractivity contribution in [1.82, 2.24) is 25.9 Å². The topological polar surface area (TPSA) is 318 Å². The Hall–Kier alpha value is -4.74. The monoisotopic (exact) mass is 569 g/mol. The lowest BCUT2D eigenvalue weighted by atomic mass is 10.1. The zero-order chi connectivity index (χ0) is 30.2. The number of aromatic nitrogens is 2. The second-order valence-corrected chi connectivity index (χ2v) is 8.72. The number of hydrogen-bond acceptors (Lipinski definition) is 9. The lowest BCUT2D eigenvalue weighted by molar-refractivity contribution is -0.143. The van der Waals surface area contributed by atoms with Crippen molar-refractivity contribution in [1.29, 1.82) is 0 Å². The number of hydrogen-bond donors (Lipinski definition) is 10. The van der Waals surface area contributed by atoms with E-state index in [-0.39, 0.29) is 44.6 Å². The molecule has 0 fully saturated rings. The maximum atomic E-state index is 13.2. The van der Waals surface area contributed by atoms with Gasteiger partial charge in [-0.2, -0.15) is 0 Å². The van der Waals surface area contributed by atoms with E-state index in [2.05, 4.69) is 30.9 Å². The standard InChI is InChI=1S/C22H35N9O9/c23-12(3-5-16(32)33)18(36)31-15(8-11-9-26-10-28-11)20(38)29-13(2-1-7-27-22(24)25)19(37)30-14(21(39)40)4-6-17(34)35/h9-10,12-15H,1-8,23H2,(H,26,28)(H,29,38)(H,30,37)(H,31,36)(H,32,33)(H,34,35)(H,39,40)(H4,24,25,27). The zero-order valence-corrected chi connectivity index (χ0v) is 21.5. The summed E-state index contributed by atoms with van der Waals surface area (Å²) in [5, 5.41) is 34.2. The van der Waals surface area contributed by atoms with Crippen molar-refractivity contribution in [2.45, 2.75) is 69.1 Å². The maximum Gasteiger partial charge on any atom is 0.326 e. The molecule has 0 spiro atoms. The highest BCUT2D eigenvalue weighted by molar-refractivity contribution is 5.94. The average molecular weight is 570 g/mol. The zero-order valence-electron chi connectivity index (χ0n) is 21.5. The maximum absolute atomic E-state index is 13.2. The molecule has 40 heavy (non-hydrogen) atoms. The molecule has 4 unspecified atom stereocenters. The van der Waals surface area contributed by atoms with Crippen LogP contribution >= 0.6 is 0 Å². The Kier molecular flexibility index (Phi) is 14.1. The van der Waals surface area contributed by atoms with Gasteiger partial charge in [-0.25, -0.2) is 9.78 Å². The highest BCUT2D eigenvalue weighted by Crippen LogP contribution is 2.06. The minimum atomic E-state index is -1.55.